The molecule has 2 atom stereocenters. The van der Waals surface area contributed by atoms with Crippen LogP contribution in [-0.4, -0.2) is 67.6 Å². The van der Waals surface area contributed by atoms with Gasteiger partial charge in [0.2, 0.25) is 5.91 Å². The van der Waals surface area contributed by atoms with Gasteiger partial charge in [0.25, 0.3) is 15.9 Å². The molecule has 12 heteroatoms. The van der Waals surface area contributed by atoms with Gasteiger partial charge >= 0.3 is 0 Å². The number of fused-ring (bicyclic) bond motifs is 1. The number of carbonyl (C=O) groups excluding carboxylic acids is 3. The van der Waals surface area contributed by atoms with Gasteiger partial charge in [-0.15, -0.1) is 0 Å². The van der Waals surface area contributed by atoms with E-state index in [1.165, 1.54) is 6.20 Å². The van der Waals surface area contributed by atoms with Gasteiger partial charge in [0.15, 0.2) is 16.6 Å². The Kier molecular flexibility index (Phi) is 8.89. The molecule has 0 saturated carbocycles. The monoisotopic (exact) mass is 570 g/mol. The highest BCUT2D eigenvalue weighted by atomic mass is 32.2. The summed E-state index contributed by atoms with van der Waals surface area (Å²) < 4.78 is 38.4. The fourth-order valence-electron chi connectivity index (χ4n) is 4.68. The van der Waals surface area contributed by atoms with Gasteiger partial charge in [-0.1, -0.05) is 19.9 Å². The summed E-state index contributed by atoms with van der Waals surface area (Å²) >= 11 is 0. The standard InChI is InChI=1S/C28H34N4O7S/c1-17(2)13-22(31-27(35)25-15-19-14-20(38-4)9-10-24(19)39-25)26(34)30-21-8-6-12-32(16-23(21)33)40(36,37)28-18(3)7-5-11-29-28/h5,7,9-11,14-15,17,21-22H,6,8,12-13,16H2,1-4H3,(H,30,34)(H,31,35)/t21-,22-/m1/s1. The molecule has 1 aromatic carbocycles. The number of Topliss-reactive ketones (excluding diaryl/α,β-unsaturated/α-hetero) is 1. The number of sulfonamides is 1. The number of aryl methyl sites for hydroxylation is 1. The number of nitrogens with one attached hydrogen (secondary N) is 2. The van der Waals surface area contributed by atoms with E-state index < -0.39 is 39.7 Å². The fraction of sp³-hybridized carbons (Fsp3) is 0.429. The molecule has 0 unspecified atom stereocenters. The molecular weight excluding hydrogens is 536 g/mol. The molecule has 0 spiro atoms. The molecule has 3 heterocycles. The van der Waals surface area contributed by atoms with Crippen LogP contribution in [0, 0.1) is 12.8 Å². The molecular formula is C28H34N4O7S. The van der Waals surface area contributed by atoms with Crippen molar-refractivity contribution in [3.8, 4) is 5.75 Å². The summed E-state index contributed by atoms with van der Waals surface area (Å²) in [5.41, 5.74) is 0.986. The summed E-state index contributed by atoms with van der Waals surface area (Å²) in [7, 11) is -2.44. The molecule has 0 radical (unpaired) electrons. The Morgan fingerprint density at radius 3 is 2.70 bits per heavy atom. The molecule has 0 aliphatic carbocycles. The lowest BCUT2D eigenvalue weighted by Gasteiger charge is -2.23. The SMILES string of the molecule is COc1ccc2oc(C(=O)N[C@H](CC(C)C)C(=O)N[C@@H]3CCCN(S(=O)(=O)c4ncccc4C)CC3=O)cc2c1. The number of aromatic nitrogens is 1. The number of hydrogen-bond acceptors (Lipinski definition) is 8. The molecule has 3 aromatic rings. The number of nitrogens with zero attached hydrogens (tertiary/aromatic N) is 2. The summed E-state index contributed by atoms with van der Waals surface area (Å²) in [5, 5.41) is 6.07. The van der Waals surface area contributed by atoms with E-state index in [4.69, 9.17) is 9.15 Å². The van der Waals surface area contributed by atoms with E-state index in [1.807, 2.05) is 13.8 Å². The molecule has 2 amide bonds. The van der Waals surface area contributed by atoms with Crippen LogP contribution in [0.15, 0.2) is 52.0 Å². The summed E-state index contributed by atoms with van der Waals surface area (Å²) in [6.07, 6.45) is 2.36. The second-order valence-electron chi connectivity index (χ2n) is 10.3. The van der Waals surface area contributed by atoms with Gasteiger partial charge < -0.3 is 19.8 Å². The molecule has 1 fully saturated rings. The van der Waals surface area contributed by atoms with Crippen LogP contribution in [-0.2, 0) is 19.6 Å². The molecule has 0 bridgehead atoms. The number of amides is 2. The maximum absolute atomic E-state index is 13.3. The van der Waals surface area contributed by atoms with Gasteiger partial charge in [-0.25, -0.2) is 13.4 Å². The summed E-state index contributed by atoms with van der Waals surface area (Å²) in [6, 6.07) is 8.20. The average Bonchev–Trinajstić information content (AvgIpc) is 3.25. The number of carbonyl (C=O) groups is 3. The Morgan fingerprint density at radius 1 is 1.23 bits per heavy atom. The molecule has 2 N–H and O–H groups in total. The molecule has 11 nitrogen and oxygen atoms in total. The van der Waals surface area contributed by atoms with Crippen LogP contribution in [0.5, 0.6) is 5.75 Å². The highest BCUT2D eigenvalue weighted by Gasteiger charge is 2.35. The van der Waals surface area contributed by atoms with Crippen molar-refractivity contribution in [2.24, 2.45) is 5.92 Å². The zero-order valence-electron chi connectivity index (χ0n) is 23.0. The number of benzene rings is 1. The Balaban J connectivity index is 1.45. The molecule has 214 valence electrons. The number of ketones is 1. The highest BCUT2D eigenvalue weighted by Crippen LogP contribution is 2.25. The first kappa shape index (κ1) is 29.2. The first-order chi connectivity index (χ1) is 19.0. The average molecular weight is 571 g/mol. The largest absolute Gasteiger partial charge is 0.497 e. The van der Waals surface area contributed by atoms with Crippen LogP contribution in [0.4, 0.5) is 0 Å². The lowest BCUT2D eigenvalue weighted by molar-refractivity contribution is -0.129. The van der Waals surface area contributed by atoms with Crippen molar-refractivity contribution in [2.45, 2.75) is 57.1 Å². The minimum atomic E-state index is -3.98. The van der Waals surface area contributed by atoms with Crippen molar-refractivity contribution in [1.82, 2.24) is 19.9 Å². The van der Waals surface area contributed by atoms with Crippen LogP contribution >= 0.6 is 0 Å². The number of rotatable bonds is 9. The lowest BCUT2D eigenvalue weighted by Crippen LogP contribution is -2.52. The zero-order valence-corrected chi connectivity index (χ0v) is 23.8. The second kappa shape index (κ2) is 12.2. The lowest BCUT2D eigenvalue weighted by atomic mass is 10.0. The van der Waals surface area contributed by atoms with E-state index >= 15 is 0 Å². The third-order valence-corrected chi connectivity index (χ3v) is 8.67. The van der Waals surface area contributed by atoms with Gasteiger partial charge in [-0.3, -0.25) is 14.4 Å². The predicted octanol–water partition coefficient (Wildman–Crippen LogP) is 2.83. The third-order valence-electron chi connectivity index (χ3n) is 6.76. The van der Waals surface area contributed by atoms with Crippen molar-refractivity contribution >= 4 is 38.6 Å². The number of pyridine rings is 1. The van der Waals surface area contributed by atoms with Crippen molar-refractivity contribution < 1.29 is 32.0 Å². The second-order valence-corrected chi connectivity index (χ2v) is 12.2. The van der Waals surface area contributed by atoms with E-state index in [1.54, 1.807) is 50.4 Å². The minimum Gasteiger partial charge on any atom is -0.497 e. The van der Waals surface area contributed by atoms with Gasteiger partial charge in [-0.2, -0.15) is 4.31 Å². The van der Waals surface area contributed by atoms with E-state index in [0.717, 1.165) is 4.31 Å². The van der Waals surface area contributed by atoms with Crippen molar-refractivity contribution in [2.75, 3.05) is 20.2 Å². The van der Waals surface area contributed by atoms with Crippen LogP contribution in [0.2, 0.25) is 0 Å². The minimum absolute atomic E-state index is 0.0426. The quantitative estimate of drug-likeness (QED) is 0.399. The van der Waals surface area contributed by atoms with Crippen molar-refractivity contribution in [1.29, 1.82) is 0 Å². The van der Waals surface area contributed by atoms with E-state index in [-0.39, 0.29) is 36.2 Å². The topological polar surface area (TPSA) is 148 Å². The summed E-state index contributed by atoms with van der Waals surface area (Å²) in [4.78, 5) is 43.5. The first-order valence-corrected chi connectivity index (χ1v) is 14.6. The highest BCUT2D eigenvalue weighted by molar-refractivity contribution is 7.89. The molecule has 1 saturated heterocycles. The van der Waals surface area contributed by atoms with Gasteiger partial charge in [-0.05, 0) is 68.0 Å². The van der Waals surface area contributed by atoms with Crippen molar-refractivity contribution in [3.63, 3.8) is 0 Å². The van der Waals surface area contributed by atoms with E-state index in [9.17, 15) is 22.8 Å². The number of furan rings is 1. The third kappa shape index (κ3) is 6.50. The number of ether oxygens (including phenoxy) is 1. The Hall–Kier alpha value is -3.77. The zero-order chi connectivity index (χ0) is 29.0. The molecule has 4 rings (SSSR count). The molecule has 2 aromatic heterocycles. The normalized spacial score (nSPS) is 17.4. The van der Waals surface area contributed by atoms with Crippen LogP contribution < -0.4 is 15.4 Å². The molecule has 1 aliphatic heterocycles. The number of hydrogen-bond donors (Lipinski definition) is 2. The number of methoxy groups -OCH3 is 1. The Morgan fingerprint density at radius 2 is 2.00 bits per heavy atom. The first-order valence-electron chi connectivity index (χ1n) is 13.1. The van der Waals surface area contributed by atoms with E-state index in [2.05, 4.69) is 15.6 Å². The maximum Gasteiger partial charge on any atom is 0.287 e. The van der Waals surface area contributed by atoms with Gasteiger partial charge in [0.05, 0.1) is 19.7 Å². The van der Waals surface area contributed by atoms with Gasteiger partial charge in [0.1, 0.15) is 17.4 Å². The predicted molar refractivity (Wildman–Crippen MR) is 147 cm³/mol. The Bertz CT molecular complexity index is 1520. The molecule has 1 aliphatic rings. The molecule has 40 heavy (non-hydrogen) atoms. The maximum atomic E-state index is 13.3. The van der Waals surface area contributed by atoms with E-state index in [0.29, 0.717) is 35.1 Å². The summed E-state index contributed by atoms with van der Waals surface area (Å²) in [5.74, 6) is -0.791. The van der Waals surface area contributed by atoms with Crippen molar-refractivity contribution in [3.05, 3.63) is 53.9 Å². The van der Waals surface area contributed by atoms with Crippen LogP contribution in [0.3, 0.4) is 0 Å². The van der Waals surface area contributed by atoms with Crippen LogP contribution in [0.1, 0.15) is 49.2 Å². The van der Waals surface area contributed by atoms with Crippen LogP contribution in [0.25, 0.3) is 11.0 Å². The fourth-order valence-corrected chi connectivity index (χ4v) is 6.26. The smallest absolute Gasteiger partial charge is 0.287 e. The summed E-state index contributed by atoms with van der Waals surface area (Å²) in [6.45, 7) is 5.22. The Labute approximate surface area is 233 Å². The van der Waals surface area contributed by atoms with Gasteiger partial charge in [0, 0.05) is 18.1 Å².